The summed E-state index contributed by atoms with van der Waals surface area (Å²) in [6, 6.07) is 2.75. The molecule has 0 atom stereocenters. The third kappa shape index (κ3) is 3.46. The Balaban J connectivity index is 2.98. The lowest BCUT2D eigenvalue weighted by Crippen LogP contribution is -2.04. The second kappa shape index (κ2) is 5.26. The molecule has 16 heavy (non-hydrogen) atoms. The first-order chi connectivity index (χ1) is 7.45. The largest absolute Gasteiger partial charge is 0.507 e. The van der Waals surface area contributed by atoms with E-state index in [1.807, 2.05) is 0 Å². The van der Waals surface area contributed by atoms with Gasteiger partial charge in [0.05, 0.1) is 11.1 Å². The zero-order valence-corrected chi connectivity index (χ0v) is 9.69. The molecule has 86 valence electrons. The van der Waals surface area contributed by atoms with Crippen molar-refractivity contribution in [2.75, 3.05) is 5.33 Å². The predicted octanol–water partition coefficient (Wildman–Crippen LogP) is 3.55. The number of aromatic hydroxyl groups is 1. The second-order valence-corrected chi connectivity index (χ2v) is 3.76. The molecule has 0 radical (unpaired) electrons. The van der Waals surface area contributed by atoms with Gasteiger partial charge in [0.1, 0.15) is 5.75 Å². The molecule has 0 amide bonds. The molecule has 0 saturated heterocycles. The smallest absolute Gasteiger partial charge is 0.416 e. The Labute approximate surface area is 99.4 Å². The molecule has 0 unspecified atom stereocenters. The van der Waals surface area contributed by atoms with E-state index in [9.17, 15) is 18.3 Å². The maximum absolute atomic E-state index is 12.3. The van der Waals surface area contributed by atoms with Gasteiger partial charge in [0.2, 0.25) is 0 Å². The van der Waals surface area contributed by atoms with Crippen LogP contribution in [0.4, 0.5) is 13.2 Å². The summed E-state index contributed by atoms with van der Waals surface area (Å²) in [7, 11) is 0. The van der Waals surface area contributed by atoms with Crippen molar-refractivity contribution >= 4 is 15.9 Å². The number of rotatable bonds is 1. The van der Waals surface area contributed by atoms with Crippen LogP contribution in [0.15, 0.2) is 18.2 Å². The van der Waals surface area contributed by atoms with Crippen LogP contribution < -0.4 is 0 Å². The summed E-state index contributed by atoms with van der Waals surface area (Å²) in [6.45, 7) is 0. The van der Waals surface area contributed by atoms with E-state index in [1.165, 1.54) is 6.07 Å². The number of phenolic OH excluding ortho intramolecular Hbond substituents is 1. The Morgan fingerprint density at radius 2 is 2.00 bits per heavy atom. The minimum absolute atomic E-state index is 0.203. The SMILES string of the molecule is Oc1cc(C(F)(F)F)ccc1C#CCCBr. The maximum atomic E-state index is 12.3. The normalized spacial score (nSPS) is 10.8. The van der Waals surface area contributed by atoms with Crippen molar-refractivity contribution in [3.63, 3.8) is 0 Å². The van der Waals surface area contributed by atoms with Gasteiger partial charge in [0, 0.05) is 11.8 Å². The van der Waals surface area contributed by atoms with Gasteiger partial charge < -0.3 is 5.11 Å². The van der Waals surface area contributed by atoms with Crippen molar-refractivity contribution in [2.45, 2.75) is 12.6 Å². The van der Waals surface area contributed by atoms with E-state index in [0.29, 0.717) is 17.8 Å². The van der Waals surface area contributed by atoms with E-state index in [4.69, 9.17) is 0 Å². The van der Waals surface area contributed by atoms with E-state index in [2.05, 4.69) is 27.8 Å². The maximum Gasteiger partial charge on any atom is 0.416 e. The molecule has 5 heteroatoms. The lowest BCUT2D eigenvalue weighted by Gasteiger charge is -2.07. The van der Waals surface area contributed by atoms with Crippen molar-refractivity contribution in [1.29, 1.82) is 0 Å². The quantitative estimate of drug-likeness (QED) is 0.620. The number of benzene rings is 1. The molecule has 1 nitrogen and oxygen atoms in total. The highest BCUT2D eigenvalue weighted by Gasteiger charge is 2.30. The van der Waals surface area contributed by atoms with Crippen molar-refractivity contribution in [1.82, 2.24) is 0 Å². The summed E-state index contributed by atoms with van der Waals surface area (Å²) in [5.74, 6) is 4.86. The Morgan fingerprint density at radius 1 is 1.31 bits per heavy atom. The van der Waals surface area contributed by atoms with Gasteiger partial charge in [-0.2, -0.15) is 13.2 Å². The van der Waals surface area contributed by atoms with Crippen LogP contribution in [-0.2, 0) is 6.18 Å². The molecule has 0 fully saturated rings. The van der Waals surface area contributed by atoms with E-state index in [1.54, 1.807) is 0 Å². The van der Waals surface area contributed by atoms with Crippen LogP contribution in [0.25, 0.3) is 0 Å². The van der Waals surface area contributed by atoms with E-state index in [-0.39, 0.29) is 5.56 Å². The summed E-state index contributed by atoms with van der Waals surface area (Å²) >= 11 is 3.17. The molecule has 0 spiro atoms. The van der Waals surface area contributed by atoms with Crippen molar-refractivity contribution in [2.24, 2.45) is 0 Å². The van der Waals surface area contributed by atoms with Crippen molar-refractivity contribution < 1.29 is 18.3 Å². The van der Waals surface area contributed by atoms with Crippen molar-refractivity contribution in [3.8, 4) is 17.6 Å². The molecule has 0 bridgehead atoms. The zero-order chi connectivity index (χ0) is 12.2. The number of hydrogen-bond acceptors (Lipinski definition) is 1. The Kier molecular flexibility index (Phi) is 4.25. The average molecular weight is 293 g/mol. The molecular formula is C11H8BrF3O. The molecular weight excluding hydrogens is 285 g/mol. The third-order valence-electron chi connectivity index (χ3n) is 1.77. The lowest BCUT2D eigenvalue weighted by molar-refractivity contribution is -0.137. The standard InChI is InChI=1S/C11H8BrF3O/c12-6-2-1-3-8-4-5-9(7-10(8)16)11(13,14)15/h4-5,7,16H,2,6H2. The molecule has 1 aromatic carbocycles. The molecule has 1 N–H and O–H groups in total. The molecule has 0 aromatic heterocycles. The molecule has 1 aromatic rings. The zero-order valence-electron chi connectivity index (χ0n) is 8.11. The summed E-state index contributed by atoms with van der Waals surface area (Å²) < 4.78 is 36.8. The van der Waals surface area contributed by atoms with Crippen LogP contribution in [0.3, 0.4) is 0 Å². The fraction of sp³-hybridized carbons (Fsp3) is 0.273. The molecule has 0 aliphatic heterocycles. The average Bonchev–Trinajstić information content (AvgIpc) is 2.19. The first kappa shape index (κ1) is 12.9. The Bertz CT molecular complexity index is 429. The topological polar surface area (TPSA) is 20.2 Å². The summed E-state index contributed by atoms with van der Waals surface area (Å²) in [4.78, 5) is 0. The van der Waals surface area contributed by atoms with Gasteiger partial charge in [0.25, 0.3) is 0 Å². The highest BCUT2D eigenvalue weighted by atomic mass is 79.9. The summed E-state index contributed by atoms with van der Waals surface area (Å²) in [5, 5.41) is 10.0. The monoisotopic (exact) mass is 292 g/mol. The molecule has 0 saturated carbocycles. The fourth-order valence-electron chi connectivity index (χ4n) is 1.02. The van der Waals surface area contributed by atoms with Gasteiger partial charge in [-0.15, -0.1) is 0 Å². The van der Waals surface area contributed by atoms with Crippen LogP contribution in [-0.4, -0.2) is 10.4 Å². The van der Waals surface area contributed by atoms with E-state index >= 15 is 0 Å². The summed E-state index contributed by atoms with van der Waals surface area (Å²) in [6.07, 6.45) is -3.88. The van der Waals surface area contributed by atoms with Crippen LogP contribution in [0.2, 0.25) is 0 Å². The van der Waals surface area contributed by atoms with Crippen LogP contribution in [0.1, 0.15) is 17.5 Å². The number of phenols is 1. The van der Waals surface area contributed by atoms with Crippen molar-refractivity contribution in [3.05, 3.63) is 29.3 Å². The van der Waals surface area contributed by atoms with Crippen LogP contribution in [0, 0.1) is 11.8 Å². The lowest BCUT2D eigenvalue weighted by atomic mass is 10.1. The number of halogens is 4. The van der Waals surface area contributed by atoms with Crippen LogP contribution >= 0.6 is 15.9 Å². The highest BCUT2D eigenvalue weighted by Crippen LogP contribution is 2.32. The first-order valence-electron chi connectivity index (χ1n) is 4.40. The minimum Gasteiger partial charge on any atom is -0.507 e. The Hall–Kier alpha value is -1.15. The molecule has 0 aliphatic rings. The minimum atomic E-state index is -4.45. The fourth-order valence-corrected chi connectivity index (χ4v) is 1.22. The highest BCUT2D eigenvalue weighted by molar-refractivity contribution is 9.09. The third-order valence-corrected chi connectivity index (χ3v) is 2.16. The second-order valence-electron chi connectivity index (χ2n) is 2.97. The van der Waals surface area contributed by atoms with Gasteiger partial charge >= 0.3 is 6.18 Å². The van der Waals surface area contributed by atoms with Gasteiger partial charge in [-0.1, -0.05) is 27.8 Å². The number of alkyl halides is 4. The van der Waals surface area contributed by atoms with Gasteiger partial charge in [-0.05, 0) is 18.2 Å². The van der Waals surface area contributed by atoms with E-state index < -0.39 is 17.5 Å². The molecule has 0 aliphatic carbocycles. The Morgan fingerprint density at radius 3 is 2.50 bits per heavy atom. The van der Waals surface area contributed by atoms with Crippen LogP contribution in [0.5, 0.6) is 5.75 Å². The predicted molar refractivity (Wildman–Crippen MR) is 58.4 cm³/mol. The van der Waals surface area contributed by atoms with Gasteiger partial charge in [-0.3, -0.25) is 0 Å². The molecule has 1 rings (SSSR count). The molecule has 0 heterocycles. The summed E-state index contributed by atoms with van der Waals surface area (Å²) in [5.41, 5.74) is -0.676. The van der Waals surface area contributed by atoms with Gasteiger partial charge in [0.15, 0.2) is 0 Å². The first-order valence-corrected chi connectivity index (χ1v) is 5.52. The van der Waals surface area contributed by atoms with Gasteiger partial charge in [-0.25, -0.2) is 0 Å². The number of hydrogen-bond donors (Lipinski definition) is 1. The van der Waals surface area contributed by atoms with E-state index in [0.717, 1.165) is 6.07 Å².